The van der Waals surface area contributed by atoms with E-state index in [1.54, 1.807) is 6.92 Å². The second kappa shape index (κ2) is 6.33. The zero-order valence-corrected chi connectivity index (χ0v) is 9.70. The zero-order valence-electron chi connectivity index (χ0n) is 9.70. The third-order valence-corrected chi connectivity index (χ3v) is 2.00. The molecule has 0 heterocycles. The molecule has 0 aliphatic rings. The average molecular weight is 252 g/mol. The number of rotatable bonds is 5. The fourth-order valence-electron chi connectivity index (χ4n) is 1.23. The van der Waals surface area contributed by atoms with Gasteiger partial charge in [-0.2, -0.15) is 0 Å². The Labute approximate surface area is 103 Å². The Morgan fingerprint density at radius 2 is 2.33 bits per heavy atom. The van der Waals surface area contributed by atoms with Crippen molar-refractivity contribution in [2.75, 3.05) is 13.2 Å². The van der Waals surface area contributed by atoms with Gasteiger partial charge in [0.2, 0.25) is 5.75 Å². The molecule has 7 heteroatoms. The number of carbonyl (C=O) groups excluding carboxylic acids is 1. The van der Waals surface area contributed by atoms with E-state index in [0.29, 0.717) is 0 Å². The first-order valence-electron chi connectivity index (χ1n) is 5.18. The first kappa shape index (κ1) is 13.6. The number of phenols is 1. The normalized spacial score (nSPS) is 10.5. The number of para-hydroxylation sites is 1. The van der Waals surface area contributed by atoms with E-state index in [0.717, 1.165) is 0 Å². The number of carbonyl (C=O) groups is 1. The molecule has 0 aliphatic carbocycles. The van der Waals surface area contributed by atoms with Crippen LogP contribution in [0, 0.1) is 10.1 Å². The van der Waals surface area contributed by atoms with Crippen molar-refractivity contribution in [1.82, 2.24) is 0 Å². The first-order chi connectivity index (χ1) is 8.56. The first-order valence-corrected chi connectivity index (χ1v) is 5.18. The highest BCUT2D eigenvalue weighted by atomic mass is 16.6. The van der Waals surface area contributed by atoms with E-state index >= 15 is 0 Å². The van der Waals surface area contributed by atoms with Crippen LogP contribution in [0.4, 0.5) is 5.69 Å². The van der Waals surface area contributed by atoms with Crippen LogP contribution < -0.4 is 0 Å². The third kappa shape index (κ3) is 3.55. The molecule has 1 aromatic rings. The molecule has 0 atom stereocenters. The number of nitro benzene ring substituents is 1. The van der Waals surface area contributed by atoms with Gasteiger partial charge in [0.1, 0.15) is 6.54 Å². The molecule has 0 amide bonds. The molecule has 0 saturated carbocycles. The number of aliphatic imine (C=N–C) groups is 1. The van der Waals surface area contributed by atoms with Crippen LogP contribution in [0.15, 0.2) is 23.2 Å². The Hall–Kier alpha value is -2.44. The minimum atomic E-state index is -0.696. The fourth-order valence-corrected chi connectivity index (χ4v) is 1.23. The summed E-state index contributed by atoms with van der Waals surface area (Å²) >= 11 is 0. The van der Waals surface area contributed by atoms with Crippen LogP contribution >= 0.6 is 0 Å². The molecule has 1 rings (SSSR count). The van der Waals surface area contributed by atoms with Crippen molar-refractivity contribution in [2.45, 2.75) is 6.92 Å². The summed E-state index contributed by atoms with van der Waals surface area (Å²) in [5, 5.41) is 20.1. The number of nitrogens with zero attached hydrogens (tertiary/aromatic N) is 2. The van der Waals surface area contributed by atoms with Crippen LogP contribution in [-0.2, 0) is 9.53 Å². The molecule has 0 aliphatic heterocycles. The molecule has 18 heavy (non-hydrogen) atoms. The summed E-state index contributed by atoms with van der Waals surface area (Å²) in [6.45, 7) is 1.74. The van der Waals surface area contributed by atoms with E-state index in [1.165, 1.54) is 24.4 Å². The van der Waals surface area contributed by atoms with Crippen LogP contribution in [0.25, 0.3) is 0 Å². The molecule has 0 fully saturated rings. The van der Waals surface area contributed by atoms with Gasteiger partial charge in [0.15, 0.2) is 0 Å². The molecule has 0 unspecified atom stereocenters. The lowest BCUT2D eigenvalue weighted by atomic mass is 10.2. The highest BCUT2D eigenvalue weighted by molar-refractivity contribution is 5.87. The lowest BCUT2D eigenvalue weighted by Gasteiger charge is -2.00. The van der Waals surface area contributed by atoms with Crippen molar-refractivity contribution in [1.29, 1.82) is 0 Å². The van der Waals surface area contributed by atoms with Crippen molar-refractivity contribution < 1.29 is 19.6 Å². The Morgan fingerprint density at radius 3 is 2.94 bits per heavy atom. The molecule has 0 spiro atoms. The standard InChI is InChI=1S/C11H12N2O5/c1-2-18-10(14)7-12-6-8-4-3-5-9(11(8)15)13(16)17/h3-6,15H,2,7H2,1H3. The van der Waals surface area contributed by atoms with E-state index in [4.69, 9.17) is 0 Å². The van der Waals surface area contributed by atoms with Crippen LogP contribution in [0.3, 0.4) is 0 Å². The average Bonchev–Trinajstić information content (AvgIpc) is 2.31. The monoisotopic (exact) mass is 252 g/mol. The molecule has 0 saturated heterocycles. The maximum absolute atomic E-state index is 11.0. The van der Waals surface area contributed by atoms with Gasteiger partial charge in [0.05, 0.1) is 11.5 Å². The van der Waals surface area contributed by atoms with Crippen molar-refractivity contribution in [2.24, 2.45) is 4.99 Å². The molecular weight excluding hydrogens is 240 g/mol. The SMILES string of the molecule is CCOC(=O)CN=Cc1cccc([N+](=O)[O-])c1O. The number of aromatic hydroxyl groups is 1. The number of benzene rings is 1. The van der Waals surface area contributed by atoms with Gasteiger partial charge in [-0.3, -0.25) is 19.9 Å². The largest absolute Gasteiger partial charge is 0.502 e. The summed E-state index contributed by atoms with van der Waals surface area (Å²) in [6, 6.07) is 4.05. The van der Waals surface area contributed by atoms with Gasteiger partial charge < -0.3 is 9.84 Å². The molecule has 96 valence electrons. The topological polar surface area (TPSA) is 102 Å². The van der Waals surface area contributed by atoms with Crippen molar-refractivity contribution in [3.8, 4) is 5.75 Å². The van der Waals surface area contributed by atoms with Gasteiger partial charge in [0, 0.05) is 17.8 Å². The number of ether oxygens (including phenoxy) is 1. The molecule has 1 aromatic carbocycles. The fraction of sp³-hybridized carbons (Fsp3) is 0.273. The number of hydrogen-bond donors (Lipinski definition) is 1. The van der Waals surface area contributed by atoms with E-state index in [9.17, 15) is 20.0 Å². The molecule has 1 N–H and O–H groups in total. The summed E-state index contributed by atoms with van der Waals surface area (Å²) in [6.07, 6.45) is 1.19. The lowest BCUT2D eigenvalue weighted by Crippen LogP contribution is -2.07. The molecule has 0 radical (unpaired) electrons. The Morgan fingerprint density at radius 1 is 1.61 bits per heavy atom. The van der Waals surface area contributed by atoms with Crippen molar-refractivity contribution in [3.63, 3.8) is 0 Å². The summed E-state index contributed by atoms with van der Waals surface area (Å²) in [7, 11) is 0. The van der Waals surface area contributed by atoms with Gasteiger partial charge in [-0.25, -0.2) is 0 Å². The Kier molecular flexibility index (Phi) is 4.79. The predicted molar refractivity (Wildman–Crippen MR) is 63.9 cm³/mol. The van der Waals surface area contributed by atoms with Crippen LogP contribution in [-0.4, -0.2) is 35.4 Å². The van der Waals surface area contributed by atoms with Crippen LogP contribution in [0.2, 0.25) is 0 Å². The predicted octanol–water partition coefficient (Wildman–Crippen LogP) is 1.28. The minimum Gasteiger partial charge on any atom is -0.502 e. The highest BCUT2D eigenvalue weighted by Crippen LogP contribution is 2.27. The van der Waals surface area contributed by atoms with Gasteiger partial charge in [-0.05, 0) is 13.0 Å². The second-order valence-electron chi connectivity index (χ2n) is 3.25. The van der Waals surface area contributed by atoms with E-state index in [-0.39, 0.29) is 18.7 Å². The Bertz CT molecular complexity index is 484. The van der Waals surface area contributed by atoms with Gasteiger partial charge in [0.25, 0.3) is 0 Å². The van der Waals surface area contributed by atoms with Gasteiger partial charge in [-0.1, -0.05) is 6.07 Å². The number of esters is 1. The van der Waals surface area contributed by atoms with E-state index in [2.05, 4.69) is 9.73 Å². The van der Waals surface area contributed by atoms with E-state index < -0.39 is 22.3 Å². The maximum atomic E-state index is 11.0. The summed E-state index contributed by atoms with van der Waals surface area (Å²) in [5.41, 5.74) is -0.233. The molecule has 0 aromatic heterocycles. The molecular formula is C11H12N2O5. The summed E-state index contributed by atoms with van der Waals surface area (Å²) < 4.78 is 4.65. The van der Waals surface area contributed by atoms with Crippen molar-refractivity contribution >= 4 is 17.9 Å². The Balaban J connectivity index is 2.79. The summed E-state index contributed by atoms with van der Waals surface area (Å²) in [5.74, 6) is -0.978. The molecule has 7 nitrogen and oxygen atoms in total. The summed E-state index contributed by atoms with van der Waals surface area (Å²) in [4.78, 5) is 24.6. The van der Waals surface area contributed by atoms with E-state index in [1.807, 2.05) is 0 Å². The minimum absolute atomic E-state index is 0.175. The van der Waals surface area contributed by atoms with Crippen molar-refractivity contribution in [3.05, 3.63) is 33.9 Å². The third-order valence-electron chi connectivity index (χ3n) is 2.00. The highest BCUT2D eigenvalue weighted by Gasteiger charge is 2.14. The smallest absolute Gasteiger partial charge is 0.327 e. The van der Waals surface area contributed by atoms with Crippen LogP contribution in [0.1, 0.15) is 12.5 Å². The number of hydrogen-bond acceptors (Lipinski definition) is 6. The van der Waals surface area contributed by atoms with Gasteiger partial charge >= 0.3 is 11.7 Å². The van der Waals surface area contributed by atoms with Crippen LogP contribution in [0.5, 0.6) is 5.75 Å². The molecule has 0 bridgehead atoms. The second-order valence-corrected chi connectivity index (χ2v) is 3.25. The lowest BCUT2D eigenvalue weighted by molar-refractivity contribution is -0.385. The zero-order chi connectivity index (χ0) is 13.5. The van der Waals surface area contributed by atoms with Gasteiger partial charge in [-0.15, -0.1) is 0 Å². The number of nitro groups is 1. The quantitative estimate of drug-likeness (QED) is 0.368. The number of phenolic OH excluding ortho intramolecular Hbond substituents is 1. The maximum Gasteiger partial charge on any atom is 0.327 e.